The van der Waals surface area contributed by atoms with Crippen molar-refractivity contribution in [2.45, 2.75) is 57.1 Å². The van der Waals surface area contributed by atoms with Gasteiger partial charge in [-0.25, -0.2) is 4.39 Å². The van der Waals surface area contributed by atoms with Crippen LogP contribution >= 0.6 is 0 Å². The maximum absolute atomic E-state index is 12.8. The third kappa shape index (κ3) is 4.60. The molecule has 0 saturated heterocycles. The van der Waals surface area contributed by atoms with Gasteiger partial charge in [0.1, 0.15) is 5.82 Å². The Labute approximate surface area is 119 Å². The summed E-state index contributed by atoms with van der Waals surface area (Å²) >= 11 is 0. The highest BCUT2D eigenvalue weighted by molar-refractivity contribution is 5.76. The average Bonchev–Trinajstić information content (AvgIpc) is 2.64. The van der Waals surface area contributed by atoms with Crippen molar-refractivity contribution in [3.63, 3.8) is 0 Å². The number of carbonyl (C=O) groups excluding carboxylic acids is 1. The van der Waals surface area contributed by atoms with Crippen molar-refractivity contribution in [2.24, 2.45) is 0 Å². The summed E-state index contributed by atoms with van der Waals surface area (Å²) in [4.78, 5) is 11.9. The Bertz CT molecular complexity index is 433. The van der Waals surface area contributed by atoms with Crippen LogP contribution in [0.4, 0.5) is 4.39 Å². The smallest absolute Gasteiger partial charge is 0.220 e. The number of hydrogen-bond donors (Lipinski definition) is 2. The summed E-state index contributed by atoms with van der Waals surface area (Å²) < 4.78 is 12.8. The summed E-state index contributed by atoms with van der Waals surface area (Å²) in [6, 6.07) is 6.09. The second kappa shape index (κ2) is 7.39. The Morgan fingerprint density at radius 3 is 2.65 bits per heavy atom. The van der Waals surface area contributed by atoms with Gasteiger partial charge < -0.3 is 10.4 Å². The Balaban J connectivity index is 1.78. The van der Waals surface area contributed by atoms with Gasteiger partial charge in [-0.3, -0.25) is 4.79 Å². The zero-order chi connectivity index (χ0) is 14.4. The molecule has 1 aromatic carbocycles. The first-order valence-electron chi connectivity index (χ1n) is 7.37. The normalized spacial score (nSPS) is 23.1. The largest absolute Gasteiger partial charge is 0.391 e. The van der Waals surface area contributed by atoms with Gasteiger partial charge in [0.05, 0.1) is 12.1 Å². The van der Waals surface area contributed by atoms with Gasteiger partial charge in [-0.05, 0) is 37.0 Å². The first-order valence-corrected chi connectivity index (χ1v) is 7.37. The van der Waals surface area contributed by atoms with Crippen LogP contribution in [0.15, 0.2) is 24.3 Å². The van der Waals surface area contributed by atoms with E-state index in [4.69, 9.17) is 0 Å². The highest BCUT2D eigenvalue weighted by Gasteiger charge is 2.22. The SMILES string of the molecule is O=C(CCc1ccc(F)cc1)NC1CCCCCC1O. The Kier molecular flexibility index (Phi) is 5.53. The maximum Gasteiger partial charge on any atom is 0.220 e. The van der Waals surface area contributed by atoms with Crippen LogP contribution in [0.2, 0.25) is 0 Å². The molecule has 1 aliphatic carbocycles. The number of rotatable bonds is 4. The molecule has 20 heavy (non-hydrogen) atoms. The summed E-state index contributed by atoms with van der Waals surface area (Å²) in [5.74, 6) is -0.306. The van der Waals surface area contributed by atoms with Crippen molar-refractivity contribution < 1.29 is 14.3 Å². The van der Waals surface area contributed by atoms with Crippen LogP contribution in [-0.2, 0) is 11.2 Å². The fourth-order valence-corrected chi connectivity index (χ4v) is 2.64. The van der Waals surface area contributed by atoms with Gasteiger partial charge in [0.2, 0.25) is 5.91 Å². The van der Waals surface area contributed by atoms with Crippen molar-refractivity contribution >= 4 is 5.91 Å². The maximum atomic E-state index is 12.8. The molecule has 1 amide bonds. The van der Waals surface area contributed by atoms with Gasteiger partial charge >= 0.3 is 0 Å². The summed E-state index contributed by atoms with van der Waals surface area (Å²) in [6.45, 7) is 0. The molecule has 2 N–H and O–H groups in total. The minimum atomic E-state index is -0.424. The standard InChI is InChI=1S/C16H22FNO2/c17-13-9-6-12(7-10-13)8-11-16(20)18-14-4-2-1-3-5-15(14)19/h6-7,9-10,14-15,19H,1-5,8,11H2,(H,18,20). The minimum Gasteiger partial charge on any atom is -0.391 e. The van der Waals surface area contributed by atoms with E-state index in [9.17, 15) is 14.3 Å². The van der Waals surface area contributed by atoms with Gasteiger partial charge in [-0.1, -0.05) is 31.4 Å². The lowest BCUT2D eigenvalue weighted by Gasteiger charge is -2.21. The van der Waals surface area contributed by atoms with Crippen molar-refractivity contribution in [1.82, 2.24) is 5.32 Å². The quantitative estimate of drug-likeness (QED) is 0.832. The summed E-state index contributed by atoms with van der Waals surface area (Å²) in [5, 5.41) is 12.9. The van der Waals surface area contributed by atoms with Gasteiger partial charge in [-0.15, -0.1) is 0 Å². The number of amides is 1. The Morgan fingerprint density at radius 1 is 1.20 bits per heavy atom. The number of halogens is 1. The predicted molar refractivity (Wildman–Crippen MR) is 75.7 cm³/mol. The zero-order valence-corrected chi connectivity index (χ0v) is 11.6. The number of aliphatic hydroxyl groups is 1. The van der Waals surface area contributed by atoms with Crippen LogP contribution in [0.1, 0.15) is 44.1 Å². The molecule has 1 aliphatic rings. The van der Waals surface area contributed by atoms with Crippen LogP contribution in [0, 0.1) is 5.82 Å². The summed E-state index contributed by atoms with van der Waals surface area (Å²) in [7, 11) is 0. The fourth-order valence-electron chi connectivity index (χ4n) is 2.64. The van der Waals surface area contributed by atoms with Crippen LogP contribution in [0.5, 0.6) is 0 Å². The summed E-state index contributed by atoms with van der Waals surface area (Å²) in [6.07, 6.45) is 5.37. The molecule has 0 aromatic heterocycles. The molecule has 3 nitrogen and oxygen atoms in total. The molecular weight excluding hydrogens is 257 g/mol. The van der Waals surface area contributed by atoms with Crippen LogP contribution in [0.25, 0.3) is 0 Å². The van der Waals surface area contributed by atoms with Gasteiger partial charge in [-0.2, -0.15) is 0 Å². The molecule has 0 radical (unpaired) electrons. The predicted octanol–water partition coefficient (Wildman–Crippen LogP) is 2.57. The third-order valence-corrected chi connectivity index (χ3v) is 3.88. The monoisotopic (exact) mass is 279 g/mol. The van der Waals surface area contributed by atoms with Crippen LogP contribution in [0.3, 0.4) is 0 Å². The number of nitrogens with one attached hydrogen (secondary N) is 1. The first-order chi connectivity index (χ1) is 9.65. The highest BCUT2D eigenvalue weighted by atomic mass is 19.1. The number of aryl methyl sites for hydroxylation is 1. The molecule has 2 atom stereocenters. The van der Waals surface area contributed by atoms with E-state index in [2.05, 4.69) is 5.32 Å². The molecule has 1 aromatic rings. The summed E-state index contributed by atoms with van der Waals surface area (Å²) in [5.41, 5.74) is 0.947. The van der Waals surface area contributed by atoms with Crippen LogP contribution < -0.4 is 5.32 Å². The molecule has 2 unspecified atom stereocenters. The molecular formula is C16H22FNO2. The topological polar surface area (TPSA) is 49.3 Å². The molecule has 110 valence electrons. The molecule has 0 bridgehead atoms. The minimum absolute atomic E-state index is 0.0414. The van der Waals surface area contributed by atoms with Gasteiger partial charge in [0, 0.05) is 6.42 Å². The van der Waals surface area contributed by atoms with Crippen molar-refractivity contribution in [3.05, 3.63) is 35.6 Å². The van der Waals surface area contributed by atoms with E-state index < -0.39 is 6.10 Å². The van der Waals surface area contributed by atoms with E-state index >= 15 is 0 Å². The lowest BCUT2D eigenvalue weighted by Crippen LogP contribution is -2.42. The lowest BCUT2D eigenvalue weighted by atomic mass is 10.1. The van der Waals surface area contributed by atoms with Crippen molar-refractivity contribution in [1.29, 1.82) is 0 Å². The van der Waals surface area contributed by atoms with E-state index in [0.717, 1.165) is 37.7 Å². The van der Waals surface area contributed by atoms with E-state index in [1.54, 1.807) is 12.1 Å². The van der Waals surface area contributed by atoms with Gasteiger partial charge in [0.15, 0.2) is 0 Å². The number of benzene rings is 1. The number of carbonyl (C=O) groups is 1. The third-order valence-electron chi connectivity index (χ3n) is 3.88. The Morgan fingerprint density at radius 2 is 1.90 bits per heavy atom. The van der Waals surface area contributed by atoms with Crippen molar-refractivity contribution in [2.75, 3.05) is 0 Å². The van der Waals surface area contributed by atoms with E-state index in [1.165, 1.54) is 12.1 Å². The zero-order valence-electron chi connectivity index (χ0n) is 11.6. The van der Waals surface area contributed by atoms with Crippen molar-refractivity contribution in [3.8, 4) is 0 Å². The fraction of sp³-hybridized carbons (Fsp3) is 0.562. The Hall–Kier alpha value is -1.42. The van der Waals surface area contributed by atoms with E-state index in [1.807, 2.05) is 0 Å². The second-order valence-electron chi connectivity index (χ2n) is 5.51. The van der Waals surface area contributed by atoms with E-state index in [0.29, 0.717) is 12.8 Å². The number of aliphatic hydroxyl groups excluding tert-OH is 1. The molecule has 0 heterocycles. The molecule has 2 rings (SSSR count). The molecule has 0 aliphatic heterocycles. The second-order valence-corrected chi connectivity index (χ2v) is 5.51. The first kappa shape index (κ1) is 15.0. The van der Waals surface area contributed by atoms with Crippen LogP contribution in [-0.4, -0.2) is 23.2 Å². The molecule has 4 heteroatoms. The number of hydrogen-bond acceptors (Lipinski definition) is 2. The lowest BCUT2D eigenvalue weighted by molar-refractivity contribution is -0.122. The highest BCUT2D eigenvalue weighted by Crippen LogP contribution is 2.18. The molecule has 0 spiro atoms. The van der Waals surface area contributed by atoms with E-state index in [-0.39, 0.29) is 17.8 Å². The van der Waals surface area contributed by atoms with Gasteiger partial charge in [0.25, 0.3) is 0 Å². The average molecular weight is 279 g/mol. The molecule has 1 saturated carbocycles. The molecule has 1 fully saturated rings.